The van der Waals surface area contributed by atoms with Gasteiger partial charge >= 0.3 is 0 Å². The van der Waals surface area contributed by atoms with Gasteiger partial charge in [0, 0.05) is 42.4 Å². The van der Waals surface area contributed by atoms with Crippen molar-refractivity contribution in [2.75, 3.05) is 19.6 Å². The van der Waals surface area contributed by atoms with Crippen molar-refractivity contribution in [3.8, 4) is 0 Å². The molecule has 2 aromatic heterocycles. The molecule has 4 heterocycles. The molecule has 2 aromatic rings. The summed E-state index contributed by atoms with van der Waals surface area (Å²) in [4.78, 5) is 14.4. The number of hydrogen-bond donors (Lipinski definition) is 0. The highest BCUT2D eigenvalue weighted by atomic mass is 32.1. The van der Waals surface area contributed by atoms with Crippen molar-refractivity contribution in [2.45, 2.75) is 44.8 Å². The summed E-state index contributed by atoms with van der Waals surface area (Å²) in [5.41, 5.74) is 2.70. The van der Waals surface area contributed by atoms with Crippen LogP contribution in [0.2, 0.25) is 0 Å². The van der Waals surface area contributed by atoms with Gasteiger partial charge in [0.05, 0.1) is 12.2 Å². The van der Waals surface area contributed by atoms with Crippen LogP contribution in [0.15, 0.2) is 29.8 Å². The molecule has 2 fully saturated rings. The zero-order chi connectivity index (χ0) is 15.7. The van der Waals surface area contributed by atoms with Crippen LogP contribution in [-0.2, 0) is 13.1 Å². The maximum Gasteiger partial charge on any atom is 0.107 e. The monoisotopic (exact) mass is 328 g/mol. The lowest BCUT2D eigenvalue weighted by Gasteiger charge is -2.57. The molecular formula is C18H24N4S. The van der Waals surface area contributed by atoms with E-state index in [1.807, 2.05) is 6.20 Å². The van der Waals surface area contributed by atoms with Crippen molar-refractivity contribution in [1.29, 1.82) is 0 Å². The number of piperidine rings is 1. The van der Waals surface area contributed by atoms with Crippen LogP contribution in [0.5, 0.6) is 0 Å². The van der Waals surface area contributed by atoms with E-state index in [2.05, 4.69) is 50.3 Å². The van der Waals surface area contributed by atoms with E-state index < -0.39 is 0 Å². The zero-order valence-corrected chi connectivity index (χ0v) is 14.6. The topological polar surface area (TPSA) is 32.3 Å². The Kier molecular flexibility index (Phi) is 4.18. The van der Waals surface area contributed by atoms with Crippen LogP contribution in [0.4, 0.5) is 0 Å². The van der Waals surface area contributed by atoms with Gasteiger partial charge in [0.1, 0.15) is 5.01 Å². The third kappa shape index (κ3) is 3.18. The summed E-state index contributed by atoms with van der Waals surface area (Å²) in [7, 11) is 0. The zero-order valence-electron chi connectivity index (χ0n) is 13.7. The molecule has 0 saturated carbocycles. The average molecular weight is 328 g/mol. The molecule has 0 radical (unpaired) electrons. The van der Waals surface area contributed by atoms with Crippen molar-refractivity contribution in [1.82, 2.24) is 19.8 Å². The fourth-order valence-electron chi connectivity index (χ4n) is 4.04. The van der Waals surface area contributed by atoms with Gasteiger partial charge in [-0.2, -0.15) is 0 Å². The molecule has 0 amide bonds. The molecule has 2 aliphatic heterocycles. The molecule has 0 aliphatic carbocycles. The van der Waals surface area contributed by atoms with Gasteiger partial charge < -0.3 is 0 Å². The average Bonchev–Trinajstić information content (AvgIpc) is 3.05. The number of aromatic nitrogens is 2. The molecule has 1 atom stereocenters. The number of nitrogens with zero attached hydrogens (tertiary/aromatic N) is 4. The fraction of sp³-hybridized carbons (Fsp3) is 0.556. The normalized spacial score (nSPS) is 25.6. The minimum Gasteiger partial charge on any atom is -0.295 e. The Bertz CT molecular complexity index is 657. The first-order chi connectivity index (χ1) is 11.2. The molecule has 23 heavy (non-hydrogen) atoms. The maximum atomic E-state index is 4.69. The summed E-state index contributed by atoms with van der Waals surface area (Å²) in [6, 6.07) is 6.36. The van der Waals surface area contributed by atoms with Crippen LogP contribution >= 0.6 is 11.3 Å². The van der Waals surface area contributed by atoms with E-state index in [4.69, 9.17) is 0 Å². The highest BCUT2D eigenvalue weighted by Gasteiger charge is 2.46. The lowest BCUT2D eigenvalue weighted by molar-refractivity contribution is -0.0741. The summed E-state index contributed by atoms with van der Waals surface area (Å²) >= 11 is 1.77. The molecule has 0 unspecified atom stereocenters. The predicted octanol–water partition coefficient (Wildman–Crippen LogP) is 3.09. The standard InChI is InChI=1S/C18H24N4S/c1-15-4-2-5-16(20-15)12-22-10-7-18(22)6-3-9-21(14-18)13-17-19-8-11-23-17/h2,4-5,8,11H,3,6-7,9-10,12-14H2,1H3/t18-/m0/s1. The highest BCUT2D eigenvalue weighted by Crippen LogP contribution is 2.39. The lowest BCUT2D eigenvalue weighted by atomic mass is 9.77. The Morgan fingerprint density at radius 3 is 2.91 bits per heavy atom. The van der Waals surface area contributed by atoms with Crippen molar-refractivity contribution in [3.63, 3.8) is 0 Å². The molecule has 4 rings (SSSR count). The SMILES string of the molecule is Cc1cccc(CN2CC[C@]23CCCN(Cc2nccs2)C3)n1. The second kappa shape index (κ2) is 6.30. The van der Waals surface area contributed by atoms with Crippen LogP contribution in [0, 0.1) is 6.92 Å². The molecule has 5 heteroatoms. The Morgan fingerprint density at radius 2 is 2.17 bits per heavy atom. The van der Waals surface area contributed by atoms with Gasteiger partial charge in [-0.15, -0.1) is 11.3 Å². The molecule has 122 valence electrons. The van der Waals surface area contributed by atoms with E-state index in [0.717, 1.165) is 18.8 Å². The van der Waals surface area contributed by atoms with Crippen molar-refractivity contribution in [2.24, 2.45) is 0 Å². The van der Waals surface area contributed by atoms with E-state index in [0.29, 0.717) is 5.54 Å². The van der Waals surface area contributed by atoms with Crippen molar-refractivity contribution >= 4 is 11.3 Å². The maximum absolute atomic E-state index is 4.69. The molecular weight excluding hydrogens is 304 g/mol. The smallest absolute Gasteiger partial charge is 0.107 e. The largest absolute Gasteiger partial charge is 0.295 e. The highest BCUT2D eigenvalue weighted by molar-refractivity contribution is 7.09. The van der Waals surface area contributed by atoms with Gasteiger partial charge in [-0.1, -0.05) is 6.07 Å². The predicted molar refractivity (Wildman–Crippen MR) is 93.4 cm³/mol. The van der Waals surface area contributed by atoms with Gasteiger partial charge in [0.2, 0.25) is 0 Å². The minimum absolute atomic E-state index is 0.376. The Morgan fingerprint density at radius 1 is 1.22 bits per heavy atom. The van der Waals surface area contributed by atoms with Gasteiger partial charge in [0.15, 0.2) is 0 Å². The fourth-order valence-corrected chi connectivity index (χ4v) is 4.70. The van der Waals surface area contributed by atoms with Gasteiger partial charge in [-0.25, -0.2) is 4.98 Å². The second-order valence-corrected chi connectivity index (χ2v) is 7.89. The first kappa shape index (κ1) is 15.2. The molecule has 0 bridgehead atoms. The summed E-state index contributed by atoms with van der Waals surface area (Å²) in [5, 5.41) is 3.32. The minimum atomic E-state index is 0.376. The first-order valence-corrected chi connectivity index (χ1v) is 9.40. The van der Waals surface area contributed by atoms with E-state index in [1.54, 1.807) is 11.3 Å². The van der Waals surface area contributed by atoms with Crippen LogP contribution in [0.3, 0.4) is 0 Å². The first-order valence-electron chi connectivity index (χ1n) is 8.52. The van der Waals surface area contributed by atoms with Crippen molar-refractivity contribution in [3.05, 3.63) is 46.2 Å². The molecule has 1 spiro atoms. The number of likely N-dealkylation sites (tertiary alicyclic amines) is 2. The quantitative estimate of drug-likeness (QED) is 0.863. The third-order valence-corrected chi connectivity index (χ3v) is 6.06. The summed E-state index contributed by atoms with van der Waals surface area (Å²) < 4.78 is 0. The van der Waals surface area contributed by atoms with Gasteiger partial charge in [-0.05, 0) is 44.9 Å². The molecule has 0 aromatic carbocycles. The molecule has 4 nitrogen and oxygen atoms in total. The molecule has 0 N–H and O–H groups in total. The Labute approximate surface area is 142 Å². The Balaban J connectivity index is 1.43. The number of thiazole rings is 1. The van der Waals surface area contributed by atoms with Gasteiger partial charge in [-0.3, -0.25) is 14.8 Å². The number of aryl methyl sites for hydroxylation is 1. The number of rotatable bonds is 4. The van der Waals surface area contributed by atoms with E-state index in [1.165, 1.54) is 49.6 Å². The lowest BCUT2D eigenvalue weighted by Crippen LogP contribution is -2.66. The van der Waals surface area contributed by atoms with Crippen molar-refractivity contribution < 1.29 is 0 Å². The number of pyridine rings is 1. The second-order valence-electron chi connectivity index (χ2n) is 6.91. The Hall–Kier alpha value is -1.30. The van der Waals surface area contributed by atoms with E-state index in [-0.39, 0.29) is 0 Å². The summed E-state index contributed by atoms with van der Waals surface area (Å²) in [6.07, 6.45) is 5.86. The van der Waals surface area contributed by atoms with Crippen LogP contribution in [0.25, 0.3) is 0 Å². The molecule has 2 saturated heterocycles. The van der Waals surface area contributed by atoms with Crippen LogP contribution < -0.4 is 0 Å². The number of hydrogen-bond acceptors (Lipinski definition) is 5. The van der Waals surface area contributed by atoms with Crippen LogP contribution in [-0.4, -0.2) is 44.9 Å². The summed E-state index contributed by atoms with van der Waals surface area (Å²) in [5.74, 6) is 0. The third-order valence-electron chi connectivity index (χ3n) is 5.29. The van der Waals surface area contributed by atoms with Gasteiger partial charge in [0.25, 0.3) is 0 Å². The summed E-state index contributed by atoms with van der Waals surface area (Å²) in [6.45, 7) is 7.67. The van der Waals surface area contributed by atoms with Crippen LogP contribution in [0.1, 0.15) is 35.7 Å². The van der Waals surface area contributed by atoms with E-state index in [9.17, 15) is 0 Å². The molecule has 2 aliphatic rings. The van der Waals surface area contributed by atoms with E-state index >= 15 is 0 Å².